The first-order valence-electron chi connectivity index (χ1n) is 9.29. The van der Waals surface area contributed by atoms with Crippen LogP contribution in [0.5, 0.6) is 0 Å². The molecule has 1 amide bonds. The number of nitrogens with zero attached hydrogens (tertiary/aromatic N) is 3. The average Bonchev–Trinajstić information content (AvgIpc) is 3.39. The number of amides is 1. The number of piperazine rings is 1. The predicted octanol–water partition coefficient (Wildman–Crippen LogP) is 1.66. The Morgan fingerprint density at radius 1 is 1.15 bits per heavy atom. The van der Waals surface area contributed by atoms with Crippen molar-refractivity contribution < 1.29 is 14.2 Å². The number of aromatic nitrogens is 2. The largest absolute Gasteiger partial charge is 0.339 e. The van der Waals surface area contributed by atoms with Gasteiger partial charge in [0, 0.05) is 18.4 Å². The lowest BCUT2D eigenvalue weighted by molar-refractivity contribution is -0.917. The lowest BCUT2D eigenvalue weighted by atomic mass is 10.2. The first kappa shape index (κ1) is 17.9. The fraction of sp³-hybridized carbons (Fsp3) is 0.350. The van der Waals surface area contributed by atoms with Crippen molar-refractivity contribution in [1.82, 2.24) is 15.0 Å². The minimum absolute atomic E-state index is 0.171. The van der Waals surface area contributed by atoms with Crippen LogP contribution in [0.3, 0.4) is 0 Å². The number of hydrogen-bond acceptors (Lipinski definition) is 5. The maximum absolute atomic E-state index is 12.5. The van der Waals surface area contributed by atoms with Gasteiger partial charge in [-0.25, -0.2) is 0 Å². The molecule has 1 aliphatic rings. The molecule has 0 saturated carbocycles. The number of nitrogens with one attached hydrogen (secondary N) is 1. The van der Waals surface area contributed by atoms with Crippen molar-refractivity contribution in [3.63, 3.8) is 0 Å². The average molecular weight is 383 g/mol. The Balaban J connectivity index is 1.23. The SMILES string of the molecule is O=C(CCc1nc(-c2cccs2)no1)N1CC[NH+](Cc2ccccc2)CC1. The van der Waals surface area contributed by atoms with Gasteiger partial charge in [-0.05, 0) is 11.4 Å². The first-order chi connectivity index (χ1) is 13.3. The molecule has 1 fully saturated rings. The predicted molar refractivity (Wildman–Crippen MR) is 103 cm³/mol. The van der Waals surface area contributed by atoms with Gasteiger partial charge >= 0.3 is 0 Å². The van der Waals surface area contributed by atoms with E-state index < -0.39 is 0 Å². The fourth-order valence-electron chi connectivity index (χ4n) is 3.37. The molecule has 0 bridgehead atoms. The Hall–Kier alpha value is -2.51. The summed E-state index contributed by atoms with van der Waals surface area (Å²) in [4.78, 5) is 21.4. The summed E-state index contributed by atoms with van der Waals surface area (Å²) in [5.74, 6) is 1.30. The quantitative estimate of drug-likeness (QED) is 0.703. The third kappa shape index (κ3) is 4.61. The Morgan fingerprint density at radius 3 is 2.70 bits per heavy atom. The van der Waals surface area contributed by atoms with Crippen molar-refractivity contribution in [2.75, 3.05) is 26.2 Å². The zero-order chi connectivity index (χ0) is 18.5. The smallest absolute Gasteiger partial charge is 0.227 e. The second-order valence-electron chi connectivity index (χ2n) is 6.78. The molecule has 0 unspecified atom stereocenters. The third-order valence-corrected chi connectivity index (χ3v) is 5.75. The standard InChI is InChI=1S/C20H22N4O2S/c25-19(9-8-18-21-20(22-26-18)17-7-4-14-27-17)24-12-10-23(11-13-24)15-16-5-2-1-3-6-16/h1-7,14H,8-13,15H2/p+1. The molecule has 1 N–H and O–H groups in total. The van der Waals surface area contributed by atoms with Crippen LogP contribution in [-0.2, 0) is 17.8 Å². The molecule has 27 heavy (non-hydrogen) atoms. The van der Waals surface area contributed by atoms with E-state index in [-0.39, 0.29) is 5.91 Å². The van der Waals surface area contributed by atoms with Gasteiger partial charge in [-0.1, -0.05) is 41.6 Å². The fourth-order valence-corrected chi connectivity index (χ4v) is 4.02. The molecule has 0 aliphatic carbocycles. The summed E-state index contributed by atoms with van der Waals surface area (Å²) in [6.45, 7) is 4.63. The highest BCUT2D eigenvalue weighted by Crippen LogP contribution is 2.21. The first-order valence-corrected chi connectivity index (χ1v) is 10.2. The number of benzene rings is 1. The summed E-state index contributed by atoms with van der Waals surface area (Å²) in [6, 6.07) is 14.5. The molecule has 1 aromatic carbocycles. The van der Waals surface area contributed by atoms with Gasteiger partial charge in [-0.3, -0.25) is 4.79 Å². The zero-order valence-corrected chi connectivity index (χ0v) is 16.0. The molecule has 0 radical (unpaired) electrons. The van der Waals surface area contributed by atoms with E-state index in [4.69, 9.17) is 4.52 Å². The van der Waals surface area contributed by atoms with Crippen LogP contribution in [0.2, 0.25) is 0 Å². The molecule has 7 heteroatoms. The minimum Gasteiger partial charge on any atom is -0.339 e. The third-order valence-electron chi connectivity index (χ3n) is 4.88. The molecular weight excluding hydrogens is 360 g/mol. The van der Waals surface area contributed by atoms with E-state index in [1.165, 1.54) is 10.5 Å². The van der Waals surface area contributed by atoms with Crippen molar-refractivity contribution in [1.29, 1.82) is 0 Å². The van der Waals surface area contributed by atoms with Crippen LogP contribution in [0.4, 0.5) is 0 Å². The number of aryl methyl sites for hydroxylation is 1. The highest BCUT2D eigenvalue weighted by Gasteiger charge is 2.24. The van der Waals surface area contributed by atoms with E-state index in [1.807, 2.05) is 28.5 Å². The number of hydrogen-bond donors (Lipinski definition) is 1. The molecule has 3 aromatic rings. The highest BCUT2D eigenvalue weighted by molar-refractivity contribution is 7.13. The Labute approximate surface area is 162 Å². The van der Waals surface area contributed by atoms with Gasteiger partial charge in [0.1, 0.15) is 6.54 Å². The number of carbonyl (C=O) groups excluding carboxylic acids is 1. The van der Waals surface area contributed by atoms with Crippen LogP contribution in [0, 0.1) is 0 Å². The Morgan fingerprint density at radius 2 is 1.96 bits per heavy atom. The van der Waals surface area contributed by atoms with Crippen LogP contribution in [0.15, 0.2) is 52.4 Å². The van der Waals surface area contributed by atoms with Crippen LogP contribution >= 0.6 is 11.3 Å². The molecule has 0 spiro atoms. The van der Waals surface area contributed by atoms with E-state index in [2.05, 4.69) is 34.4 Å². The van der Waals surface area contributed by atoms with E-state index in [0.29, 0.717) is 24.6 Å². The van der Waals surface area contributed by atoms with Crippen molar-refractivity contribution in [2.45, 2.75) is 19.4 Å². The lowest BCUT2D eigenvalue weighted by Gasteiger charge is -2.32. The summed E-state index contributed by atoms with van der Waals surface area (Å²) in [5, 5.41) is 5.98. The number of carbonyl (C=O) groups is 1. The van der Waals surface area contributed by atoms with Gasteiger partial charge in [0.2, 0.25) is 17.6 Å². The number of quaternary nitrogens is 1. The molecule has 3 heterocycles. The van der Waals surface area contributed by atoms with Gasteiger partial charge in [0.15, 0.2) is 0 Å². The molecule has 140 valence electrons. The zero-order valence-electron chi connectivity index (χ0n) is 15.1. The second-order valence-corrected chi connectivity index (χ2v) is 7.73. The van der Waals surface area contributed by atoms with Gasteiger partial charge in [0.25, 0.3) is 0 Å². The molecule has 1 saturated heterocycles. The maximum Gasteiger partial charge on any atom is 0.227 e. The van der Waals surface area contributed by atoms with Crippen molar-refractivity contribution >= 4 is 17.2 Å². The number of thiophene rings is 1. The van der Waals surface area contributed by atoms with Crippen molar-refractivity contribution in [3.8, 4) is 10.7 Å². The molecule has 4 rings (SSSR count). The lowest BCUT2D eigenvalue weighted by Crippen LogP contribution is -3.13. The molecule has 2 aromatic heterocycles. The highest BCUT2D eigenvalue weighted by atomic mass is 32.1. The van der Waals surface area contributed by atoms with Gasteiger partial charge < -0.3 is 14.3 Å². The topological polar surface area (TPSA) is 63.7 Å². The second kappa shape index (κ2) is 8.45. The van der Waals surface area contributed by atoms with Crippen LogP contribution in [-0.4, -0.2) is 47.1 Å². The molecule has 0 atom stereocenters. The summed E-state index contributed by atoms with van der Waals surface area (Å²) < 4.78 is 5.28. The van der Waals surface area contributed by atoms with E-state index in [9.17, 15) is 4.79 Å². The van der Waals surface area contributed by atoms with Crippen molar-refractivity contribution in [3.05, 3.63) is 59.3 Å². The van der Waals surface area contributed by atoms with Crippen LogP contribution in [0.25, 0.3) is 10.7 Å². The maximum atomic E-state index is 12.5. The van der Waals surface area contributed by atoms with Crippen LogP contribution < -0.4 is 4.90 Å². The normalized spacial score (nSPS) is 15.2. The summed E-state index contributed by atoms with van der Waals surface area (Å²) >= 11 is 1.57. The number of rotatable bonds is 6. The van der Waals surface area contributed by atoms with Gasteiger partial charge in [-0.15, -0.1) is 11.3 Å². The monoisotopic (exact) mass is 383 g/mol. The Bertz CT molecular complexity index is 855. The molecular formula is C20H23N4O2S+. The molecule has 1 aliphatic heterocycles. The Kier molecular flexibility index (Phi) is 5.60. The van der Waals surface area contributed by atoms with E-state index in [1.54, 1.807) is 11.3 Å². The van der Waals surface area contributed by atoms with E-state index in [0.717, 1.165) is 37.6 Å². The summed E-state index contributed by atoms with van der Waals surface area (Å²) in [7, 11) is 0. The van der Waals surface area contributed by atoms with Gasteiger partial charge in [0.05, 0.1) is 31.1 Å². The summed E-state index contributed by atoms with van der Waals surface area (Å²) in [6.07, 6.45) is 0.911. The van der Waals surface area contributed by atoms with Gasteiger partial charge in [-0.2, -0.15) is 4.98 Å². The van der Waals surface area contributed by atoms with Crippen molar-refractivity contribution in [2.24, 2.45) is 0 Å². The molecule has 6 nitrogen and oxygen atoms in total. The minimum atomic E-state index is 0.171. The summed E-state index contributed by atoms with van der Waals surface area (Å²) in [5.41, 5.74) is 1.35. The van der Waals surface area contributed by atoms with Crippen LogP contribution in [0.1, 0.15) is 17.9 Å². The van der Waals surface area contributed by atoms with E-state index >= 15 is 0 Å².